The number of sulfonamides is 1. The predicted molar refractivity (Wildman–Crippen MR) is 163 cm³/mol. The van der Waals surface area contributed by atoms with Gasteiger partial charge >= 0.3 is 6.03 Å². The summed E-state index contributed by atoms with van der Waals surface area (Å²) in [6.45, 7) is 1.13. The normalized spacial score (nSPS) is 14.2. The molecule has 0 bridgehead atoms. The first-order chi connectivity index (χ1) is 20.3. The van der Waals surface area contributed by atoms with E-state index in [4.69, 9.17) is 28.2 Å². The van der Waals surface area contributed by atoms with Crippen molar-refractivity contribution in [2.45, 2.75) is 23.8 Å². The maximum atomic E-state index is 12.5. The van der Waals surface area contributed by atoms with Crippen molar-refractivity contribution in [2.24, 2.45) is 0 Å². The Bertz CT molecular complexity index is 1860. The fourth-order valence-corrected chi connectivity index (χ4v) is 6.28. The third-order valence-corrected chi connectivity index (χ3v) is 8.96. The van der Waals surface area contributed by atoms with Crippen molar-refractivity contribution in [3.63, 3.8) is 0 Å². The van der Waals surface area contributed by atoms with Crippen molar-refractivity contribution < 1.29 is 13.2 Å². The van der Waals surface area contributed by atoms with Crippen LogP contribution in [0.2, 0.25) is 10.0 Å². The monoisotopic (exact) mass is 621 g/mol. The third-order valence-electron chi connectivity index (χ3n) is 7.03. The van der Waals surface area contributed by atoms with Crippen LogP contribution in [0.25, 0.3) is 28.2 Å². The molecule has 3 aromatic carbocycles. The first-order valence-electron chi connectivity index (χ1n) is 13.2. The Hall–Kier alpha value is -4.19. The van der Waals surface area contributed by atoms with Gasteiger partial charge in [0.2, 0.25) is 0 Å². The lowest BCUT2D eigenvalue weighted by Crippen LogP contribution is -2.49. The largest absolute Gasteiger partial charge is 0.355 e. The highest BCUT2D eigenvalue weighted by Crippen LogP contribution is 2.35. The molecule has 42 heavy (non-hydrogen) atoms. The number of halogens is 2. The average molecular weight is 623 g/mol. The molecular formula is C29H25Cl2N7O3S. The Morgan fingerprint density at radius 3 is 2.29 bits per heavy atom. The first kappa shape index (κ1) is 28.0. The van der Waals surface area contributed by atoms with Gasteiger partial charge in [0.15, 0.2) is 17.0 Å². The zero-order valence-corrected chi connectivity index (χ0v) is 24.4. The summed E-state index contributed by atoms with van der Waals surface area (Å²) in [4.78, 5) is 28.8. The summed E-state index contributed by atoms with van der Waals surface area (Å²) < 4.78 is 29.0. The van der Waals surface area contributed by atoms with Crippen molar-refractivity contribution in [2.75, 3.05) is 18.0 Å². The van der Waals surface area contributed by atoms with Gasteiger partial charge < -0.3 is 10.2 Å². The van der Waals surface area contributed by atoms with E-state index in [9.17, 15) is 13.2 Å². The topological polar surface area (TPSA) is 122 Å². The second-order valence-corrected chi connectivity index (χ2v) is 12.3. The van der Waals surface area contributed by atoms with Gasteiger partial charge in [0.25, 0.3) is 10.0 Å². The van der Waals surface area contributed by atoms with Crippen molar-refractivity contribution in [1.82, 2.24) is 29.6 Å². The molecule has 0 aliphatic carbocycles. The molecule has 1 aliphatic heterocycles. The number of nitrogens with one attached hydrogen (secondary N) is 2. The lowest BCUT2D eigenvalue weighted by Gasteiger charge is -2.33. The van der Waals surface area contributed by atoms with Crippen LogP contribution >= 0.6 is 23.2 Å². The van der Waals surface area contributed by atoms with Crippen LogP contribution in [0.1, 0.15) is 12.8 Å². The van der Waals surface area contributed by atoms with Crippen LogP contribution in [0.4, 0.5) is 10.6 Å². The van der Waals surface area contributed by atoms with E-state index >= 15 is 0 Å². The molecule has 10 nitrogen and oxygen atoms in total. The highest BCUT2D eigenvalue weighted by molar-refractivity contribution is 7.90. The van der Waals surface area contributed by atoms with Gasteiger partial charge in [0, 0.05) is 35.4 Å². The number of fused-ring (bicyclic) bond motifs is 1. The molecule has 1 saturated heterocycles. The Labute approximate surface area is 252 Å². The van der Waals surface area contributed by atoms with Gasteiger partial charge in [-0.1, -0.05) is 53.5 Å². The number of carbonyl (C=O) groups is 1. The van der Waals surface area contributed by atoms with Gasteiger partial charge in [-0.3, -0.25) is 4.57 Å². The lowest BCUT2D eigenvalue weighted by atomic mass is 10.1. The zero-order chi connectivity index (χ0) is 29.3. The summed E-state index contributed by atoms with van der Waals surface area (Å²) in [5.74, 6) is 1.28. The number of benzene rings is 3. The number of urea groups is 1. The van der Waals surface area contributed by atoms with Crippen molar-refractivity contribution in [3.05, 3.63) is 95.2 Å². The van der Waals surface area contributed by atoms with Crippen molar-refractivity contribution in [3.8, 4) is 17.1 Å². The summed E-state index contributed by atoms with van der Waals surface area (Å²) in [6.07, 6.45) is 2.67. The van der Waals surface area contributed by atoms with Crippen LogP contribution in [0.15, 0.2) is 90.1 Å². The van der Waals surface area contributed by atoms with Gasteiger partial charge in [0.1, 0.15) is 12.2 Å². The van der Waals surface area contributed by atoms with Crippen LogP contribution in [0.5, 0.6) is 0 Å². The Morgan fingerprint density at radius 1 is 0.881 bits per heavy atom. The average Bonchev–Trinajstić information content (AvgIpc) is 3.38. The van der Waals surface area contributed by atoms with Crippen LogP contribution in [0, 0.1) is 0 Å². The number of hydrogen-bond donors (Lipinski definition) is 2. The molecule has 0 saturated carbocycles. The smallest absolute Gasteiger partial charge is 0.328 e. The summed E-state index contributed by atoms with van der Waals surface area (Å²) in [7, 11) is -3.96. The quantitative estimate of drug-likeness (QED) is 0.259. The van der Waals surface area contributed by atoms with Crippen LogP contribution in [-0.2, 0) is 10.0 Å². The molecule has 1 aliphatic rings. The van der Waals surface area contributed by atoms with Crippen LogP contribution < -0.4 is 14.9 Å². The number of anilines is 1. The number of aromatic nitrogens is 4. The molecule has 0 atom stereocenters. The molecule has 13 heteroatoms. The van der Waals surface area contributed by atoms with E-state index in [0.29, 0.717) is 58.8 Å². The number of imidazole rings is 1. The number of piperidine rings is 1. The Kier molecular flexibility index (Phi) is 7.72. The molecule has 1 fully saturated rings. The molecule has 3 heterocycles. The fraction of sp³-hybridized carbons (Fsp3) is 0.172. The summed E-state index contributed by atoms with van der Waals surface area (Å²) >= 11 is 12.8. The van der Waals surface area contributed by atoms with Gasteiger partial charge in [-0.25, -0.2) is 32.9 Å². The number of nitrogens with zero attached hydrogens (tertiary/aromatic N) is 5. The number of carbonyl (C=O) groups excluding carboxylic acids is 1. The van der Waals surface area contributed by atoms with E-state index in [-0.39, 0.29) is 10.9 Å². The maximum Gasteiger partial charge on any atom is 0.328 e. The molecule has 0 spiro atoms. The first-order valence-corrected chi connectivity index (χ1v) is 15.4. The van der Waals surface area contributed by atoms with E-state index in [1.54, 1.807) is 30.3 Å². The highest BCUT2D eigenvalue weighted by Gasteiger charge is 2.27. The van der Waals surface area contributed by atoms with Crippen molar-refractivity contribution >= 4 is 56.2 Å². The minimum absolute atomic E-state index is 0.0249. The van der Waals surface area contributed by atoms with E-state index in [1.807, 2.05) is 41.0 Å². The molecule has 0 unspecified atom stereocenters. The summed E-state index contributed by atoms with van der Waals surface area (Å²) in [6, 6.07) is 21.7. The Morgan fingerprint density at radius 2 is 1.57 bits per heavy atom. The van der Waals surface area contributed by atoms with Gasteiger partial charge in [-0.15, -0.1) is 0 Å². The minimum Gasteiger partial charge on any atom is -0.355 e. The number of rotatable bonds is 6. The molecule has 5 aromatic rings. The fourth-order valence-electron chi connectivity index (χ4n) is 5.00. The molecule has 0 radical (unpaired) electrons. The van der Waals surface area contributed by atoms with E-state index < -0.39 is 16.1 Å². The van der Waals surface area contributed by atoms with Gasteiger partial charge in [0.05, 0.1) is 9.92 Å². The SMILES string of the molecule is O=C(NC1CCN(c2ncnc3c2nc(-c2ccccc2Cl)n3-c2ccc(Cl)cc2)CC1)NS(=O)(=O)c1ccccc1. The second-order valence-electron chi connectivity index (χ2n) is 9.75. The second kappa shape index (κ2) is 11.6. The maximum absolute atomic E-state index is 12.5. The standard InChI is InChI=1S/C29H25Cl2N7O3S/c30-19-10-12-21(13-11-19)38-26(23-8-4-5-9-24(23)31)35-25-27(32-18-33-28(25)38)37-16-14-20(15-17-37)34-29(39)36-42(40,41)22-6-2-1-3-7-22/h1-13,18,20H,14-17H2,(H2,34,36,39). The molecule has 214 valence electrons. The minimum atomic E-state index is -3.96. The highest BCUT2D eigenvalue weighted by atomic mass is 35.5. The summed E-state index contributed by atoms with van der Waals surface area (Å²) in [5.41, 5.74) is 2.79. The Balaban J connectivity index is 1.24. The van der Waals surface area contributed by atoms with Gasteiger partial charge in [-0.05, 0) is 61.4 Å². The van der Waals surface area contributed by atoms with E-state index in [2.05, 4.69) is 24.9 Å². The molecule has 2 aromatic heterocycles. The van der Waals surface area contributed by atoms with Crippen LogP contribution in [-0.4, -0.2) is 53.1 Å². The van der Waals surface area contributed by atoms with Gasteiger partial charge in [-0.2, -0.15) is 0 Å². The molecular weight excluding hydrogens is 597 g/mol. The van der Waals surface area contributed by atoms with Crippen molar-refractivity contribution in [1.29, 1.82) is 0 Å². The predicted octanol–water partition coefficient (Wildman–Crippen LogP) is 5.45. The third kappa shape index (κ3) is 5.63. The van der Waals surface area contributed by atoms with E-state index in [1.165, 1.54) is 18.5 Å². The lowest BCUT2D eigenvalue weighted by molar-refractivity contribution is 0.239. The summed E-state index contributed by atoms with van der Waals surface area (Å²) in [5, 5.41) is 3.95. The molecule has 2 N–H and O–H groups in total. The number of amides is 2. The zero-order valence-electron chi connectivity index (χ0n) is 22.1. The van der Waals surface area contributed by atoms with E-state index in [0.717, 1.165) is 11.3 Å². The van der Waals surface area contributed by atoms with Crippen LogP contribution in [0.3, 0.4) is 0 Å². The molecule has 2 amide bonds. The molecule has 6 rings (SSSR count). The number of hydrogen-bond acceptors (Lipinski definition) is 7.